The highest BCUT2D eigenvalue weighted by molar-refractivity contribution is 6.00. The van der Waals surface area contributed by atoms with Gasteiger partial charge in [0.15, 0.2) is 0 Å². The van der Waals surface area contributed by atoms with Crippen LogP contribution in [-0.2, 0) is 44.8 Å². The van der Waals surface area contributed by atoms with Crippen molar-refractivity contribution in [2.24, 2.45) is 23.5 Å². The van der Waals surface area contributed by atoms with Crippen molar-refractivity contribution < 1.29 is 38.4 Å². The second kappa shape index (κ2) is 19.0. The molecule has 0 spiro atoms. The normalized spacial score (nSPS) is 27.9. The lowest BCUT2D eigenvalue weighted by Gasteiger charge is -2.32. The van der Waals surface area contributed by atoms with Gasteiger partial charge in [0.2, 0.25) is 47.3 Å². The summed E-state index contributed by atoms with van der Waals surface area (Å²) >= 11 is 0. The van der Waals surface area contributed by atoms with Crippen molar-refractivity contribution in [2.45, 2.75) is 129 Å². The van der Waals surface area contributed by atoms with Crippen LogP contribution in [0.3, 0.4) is 0 Å². The van der Waals surface area contributed by atoms with Gasteiger partial charge < -0.3 is 42.1 Å². The molecule has 55 heavy (non-hydrogen) atoms. The maximum atomic E-state index is 14.2. The summed E-state index contributed by atoms with van der Waals surface area (Å²) in [5, 5.41) is 13.8. The molecule has 0 aromatic heterocycles. The Morgan fingerprint density at radius 2 is 1.09 bits per heavy atom. The van der Waals surface area contributed by atoms with Crippen molar-refractivity contribution in [1.29, 1.82) is 0 Å². The van der Waals surface area contributed by atoms with Crippen LogP contribution in [0.4, 0.5) is 0 Å². The predicted octanol–water partition coefficient (Wildman–Crippen LogP) is -0.118. The molecule has 302 valence electrons. The number of rotatable bonds is 8. The number of benzene rings is 1. The van der Waals surface area contributed by atoms with Crippen molar-refractivity contribution in [3.8, 4) is 0 Å². The molecule has 0 aliphatic carbocycles. The number of primary amides is 1. The predicted molar refractivity (Wildman–Crippen MR) is 202 cm³/mol. The number of fused-ring (bicyclic) bond motifs is 2. The Bertz CT molecular complexity index is 1600. The molecule has 16 heteroatoms. The van der Waals surface area contributed by atoms with Gasteiger partial charge in [-0.05, 0) is 55.4 Å². The van der Waals surface area contributed by atoms with E-state index >= 15 is 0 Å². The minimum Gasteiger partial charge on any atom is -0.370 e. The summed E-state index contributed by atoms with van der Waals surface area (Å²) in [5.74, 6) is -6.17. The van der Waals surface area contributed by atoms with Crippen LogP contribution < -0.4 is 32.3 Å². The standard InChI is InChI=1S/C39H58N8O8/c1-21(2)18-26-38(54)47-17-11-15-29(47)35(51)45-32(23(5)6)37(53)43-27(20-30(40)48)39(55)46-16-10-14-28(46)34(50)41-25(19-24-12-8-7-9-13-24)33(49)44-31(22(3)4)36(52)42-26/h7-9,12-13,21-23,25-29,31-32H,10-11,14-20H2,1-6H3,(H2,40,48)(H,41,50)(H,42,52)(H,43,53)(H,44,49)(H,45,51)/t25-,26-,27-,28-,29-,31+,32-/m0/s1. The molecule has 7 atom stereocenters. The monoisotopic (exact) mass is 766 g/mol. The summed E-state index contributed by atoms with van der Waals surface area (Å²) in [4.78, 5) is 113. The molecule has 8 amide bonds. The molecule has 0 radical (unpaired) electrons. The first-order valence-electron chi connectivity index (χ1n) is 19.4. The van der Waals surface area contributed by atoms with E-state index in [9.17, 15) is 38.4 Å². The van der Waals surface area contributed by atoms with E-state index in [2.05, 4.69) is 26.6 Å². The summed E-state index contributed by atoms with van der Waals surface area (Å²) in [6.45, 7) is 11.1. The van der Waals surface area contributed by atoms with Gasteiger partial charge in [-0.3, -0.25) is 38.4 Å². The minimum atomic E-state index is -1.45. The van der Waals surface area contributed by atoms with Crippen LogP contribution in [0.15, 0.2) is 30.3 Å². The zero-order valence-electron chi connectivity index (χ0n) is 32.8. The Morgan fingerprint density at radius 1 is 0.636 bits per heavy atom. The van der Waals surface area contributed by atoms with Crippen LogP contribution in [-0.4, -0.2) is 112 Å². The van der Waals surface area contributed by atoms with Gasteiger partial charge in [0.05, 0.1) is 6.42 Å². The van der Waals surface area contributed by atoms with Crippen LogP contribution >= 0.6 is 0 Å². The fourth-order valence-electron chi connectivity index (χ4n) is 7.52. The third kappa shape index (κ3) is 11.0. The summed E-state index contributed by atoms with van der Waals surface area (Å²) in [7, 11) is 0. The number of nitrogens with two attached hydrogens (primary N) is 1. The van der Waals surface area contributed by atoms with Crippen molar-refractivity contribution in [2.75, 3.05) is 13.1 Å². The topological polar surface area (TPSA) is 229 Å². The van der Waals surface area contributed by atoms with E-state index in [-0.39, 0.29) is 38.3 Å². The van der Waals surface area contributed by atoms with E-state index in [4.69, 9.17) is 5.73 Å². The second-order valence-electron chi connectivity index (χ2n) is 16.0. The third-order valence-corrected chi connectivity index (χ3v) is 10.4. The van der Waals surface area contributed by atoms with E-state index in [0.717, 1.165) is 5.56 Å². The van der Waals surface area contributed by atoms with Gasteiger partial charge in [-0.2, -0.15) is 0 Å². The number of hydrogen-bond acceptors (Lipinski definition) is 8. The van der Waals surface area contributed by atoms with E-state index in [1.807, 2.05) is 19.9 Å². The first kappa shape index (κ1) is 42.7. The maximum Gasteiger partial charge on any atom is 0.246 e. The molecular weight excluding hydrogens is 708 g/mol. The number of hydrogen-bond donors (Lipinski definition) is 6. The number of carbonyl (C=O) groups is 8. The van der Waals surface area contributed by atoms with Gasteiger partial charge in [0.1, 0.15) is 42.3 Å². The molecule has 3 aliphatic rings. The fourth-order valence-corrected chi connectivity index (χ4v) is 7.52. The van der Waals surface area contributed by atoms with Crippen molar-refractivity contribution in [3.05, 3.63) is 35.9 Å². The van der Waals surface area contributed by atoms with E-state index in [1.54, 1.807) is 52.0 Å². The van der Waals surface area contributed by atoms with Gasteiger partial charge >= 0.3 is 0 Å². The lowest BCUT2D eigenvalue weighted by atomic mass is 9.98. The summed E-state index contributed by atoms with van der Waals surface area (Å²) in [6, 6.07) is 1.13. The molecule has 0 bridgehead atoms. The zero-order valence-corrected chi connectivity index (χ0v) is 32.8. The van der Waals surface area contributed by atoms with E-state index in [1.165, 1.54) is 9.80 Å². The van der Waals surface area contributed by atoms with Gasteiger partial charge in [-0.15, -0.1) is 0 Å². The molecule has 3 fully saturated rings. The Balaban J connectivity index is 1.78. The van der Waals surface area contributed by atoms with Crippen molar-refractivity contribution >= 4 is 47.3 Å². The molecular formula is C39H58N8O8. The molecule has 1 aromatic rings. The SMILES string of the molecule is CC(C)C[C@@H]1NC(=O)[C@@H](C(C)C)NC(=O)[C@H](Cc2ccccc2)NC(=O)[C@@H]2CCCN2C(=O)[C@H](CC(N)=O)NC(=O)[C@H](C(C)C)NC(=O)[C@@H]2CCCN2C1=O. The van der Waals surface area contributed by atoms with Gasteiger partial charge in [-0.1, -0.05) is 71.9 Å². The first-order valence-corrected chi connectivity index (χ1v) is 19.4. The summed E-state index contributed by atoms with van der Waals surface area (Å²) in [5.41, 5.74) is 6.25. The lowest BCUT2D eigenvalue weighted by molar-refractivity contribution is -0.144. The number of carbonyl (C=O) groups excluding carboxylic acids is 8. The number of nitrogens with one attached hydrogen (secondary N) is 5. The van der Waals surface area contributed by atoms with Gasteiger partial charge in [0, 0.05) is 19.5 Å². The van der Waals surface area contributed by atoms with Crippen LogP contribution in [0.5, 0.6) is 0 Å². The van der Waals surface area contributed by atoms with Crippen LogP contribution in [0.2, 0.25) is 0 Å². The smallest absolute Gasteiger partial charge is 0.246 e. The van der Waals surface area contributed by atoms with Crippen LogP contribution in [0.1, 0.15) is 85.6 Å². The molecule has 3 heterocycles. The van der Waals surface area contributed by atoms with Crippen LogP contribution in [0.25, 0.3) is 0 Å². The molecule has 1 aromatic carbocycles. The van der Waals surface area contributed by atoms with Crippen molar-refractivity contribution in [3.63, 3.8) is 0 Å². The van der Waals surface area contributed by atoms with E-state index in [0.29, 0.717) is 19.3 Å². The molecule has 0 saturated carbocycles. The van der Waals surface area contributed by atoms with Crippen molar-refractivity contribution in [1.82, 2.24) is 36.4 Å². The summed E-state index contributed by atoms with van der Waals surface area (Å²) < 4.78 is 0. The minimum absolute atomic E-state index is 0.0311. The Morgan fingerprint density at radius 3 is 1.58 bits per heavy atom. The molecule has 3 aliphatic heterocycles. The van der Waals surface area contributed by atoms with Crippen LogP contribution in [0, 0.1) is 17.8 Å². The maximum absolute atomic E-state index is 14.2. The van der Waals surface area contributed by atoms with Gasteiger partial charge in [-0.25, -0.2) is 0 Å². The fraction of sp³-hybridized carbons (Fsp3) is 0.641. The molecule has 16 nitrogen and oxygen atoms in total. The van der Waals surface area contributed by atoms with E-state index < -0.39 is 108 Å². The Hall–Kier alpha value is -5.02. The Kier molecular flexibility index (Phi) is 14.8. The van der Waals surface area contributed by atoms with Gasteiger partial charge in [0.25, 0.3) is 0 Å². The molecule has 4 rings (SSSR count). The lowest BCUT2D eigenvalue weighted by Crippen LogP contribution is -2.60. The number of amides is 8. The highest BCUT2D eigenvalue weighted by Crippen LogP contribution is 2.23. The molecule has 7 N–H and O–H groups in total. The second-order valence-corrected chi connectivity index (χ2v) is 16.0. The molecule has 0 unspecified atom stereocenters. The number of nitrogens with zero attached hydrogens (tertiary/aromatic N) is 2. The third-order valence-electron chi connectivity index (χ3n) is 10.4. The zero-order chi connectivity index (χ0) is 40.6. The average Bonchev–Trinajstić information content (AvgIpc) is 3.81. The highest BCUT2D eigenvalue weighted by atomic mass is 16.2. The molecule has 3 saturated heterocycles. The highest BCUT2D eigenvalue weighted by Gasteiger charge is 2.43. The Labute approximate surface area is 322 Å². The summed E-state index contributed by atoms with van der Waals surface area (Å²) in [6.07, 6.45) is 1.27. The first-order chi connectivity index (χ1) is 26.0. The quantitative estimate of drug-likeness (QED) is 0.209. The average molecular weight is 767 g/mol. The largest absolute Gasteiger partial charge is 0.370 e.